The fraction of sp³-hybridized carbons (Fsp3) is 0.719. The van der Waals surface area contributed by atoms with Crippen LogP contribution < -0.4 is 54.0 Å². The van der Waals surface area contributed by atoms with E-state index in [0.717, 1.165) is 6.92 Å². The predicted molar refractivity (Wildman–Crippen MR) is 194 cm³/mol. The highest BCUT2D eigenvalue weighted by Crippen LogP contribution is 2.18. The highest BCUT2D eigenvalue weighted by molar-refractivity contribution is 5.97. The zero-order chi connectivity index (χ0) is 43.7. The van der Waals surface area contributed by atoms with Gasteiger partial charge >= 0.3 is 5.97 Å². The molecule has 0 aromatic carbocycles. The molecule has 7 amide bonds. The van der Waals surface area contributed by atoms with Gasteiger partial charge in [-0.3, -0.25) is 38.4 Å². The molecule has 1 fully saturated rings. The van der Waals surface area contributed by atoms with E-state index in [0.29, 0.717) is 0 Å². The van der Waals surface area contributed by atoms with Crippen LogP contribution in [0.25, 0.3) is 0 Å². The summed E-state index contributed by atoms with van der Waals surface area (Å²) in [6, 6.07) is -10.1. The first kappa shape index (κ1) is 50.1. The lowest BCUT2D eigenvalue weighted by Gasteiger charge is -2.31. The van der Waals surface area contributed by atoms with Gasteiger partial charge < -0.3 is 84.6 Å². The summed E-state index contributed by atoms with van der Waals surface area (Å²) in [5.74, 6) is -13.2. The van der Waals surface area contributed by atoms with Crippen molar-refractivity contribution in [2.45, 2.75) is 94.8 Å². The molecule has 18 N–H and O–H groups in total. The lowest BCUT2D eigenvalue weighted by Crippen LogP contribution is -2.64. The van der Waals surface area contributed by atoms with Crippen LogP contribution in [0.5, 0.6) is 0 Å². The number of nitrogens with two attached hydrogens (primary N) is 2. The van der Waals surface area contributed by atoms with Crippen LogP contribution in [0.3, 0.4) is 0 Å². The van der Waals surface area contributed by atoms with E-state index in [2.05, 4.69) is 31.9 Å². The summed E-state index contributed by atoms with van der Waals surface area (Å²) in [5, 5.41) is 79.8. The number of carbonyl (C=O) groups excluding carboxylic acids is 8. The summed E-state index contributed by atoms with van der Waals surface area (Å²) >= 11 is 0. The third kappa shape index (κ3) is 15.9. The first-order chi connectivity index (χ1) is 26.6. The molecule has 0 radical (unpaired) electrons. The van der Waals surface area contributed by atoms with Crippen LogP contribution in [-0.2, 0) is 43.2 Å². The lowest BCUT2D eigenvalue weighted by molar-refractivity contribution is -0.144. The topological polar surface area (TPSA) is 423 Å². The van der Waals surface area contributed by atoms with Gasteiger partial charge in [0.05, 0.1) is 25.3 Å². The maximum atomic E-state index is 13.6. The number of hydrogen-bond donors (Lipinski definition) is 16. The van der Waals surface area contributed by atoms with E-state index < -0.39 is 158 Å². The van der Waals surface area contributed by atoms with Crippen molar-refractivity contribution in [1.82, 2.24) is 42.5 Å². The SMILES string of the molecule is CC(NCCN)C(=O)NCC1NCC(C(=O)O)NC(=O)C(O)CNC(=O)C(C(C)O)NC(=O)C(C(O)C(O)C(N)=O)NC(=O)C(C(C)C)CC(=O)C(CO)NC1=O. The van der Waals surface area contributed by atoms with Crippen molar-refractivity contribution in [3.05, 3.63) is 0 Å². The predicted octanol–water partition coefficient (Wildman–Crippen LogP) is -9.68. The molecule has 57 heavy (non-hydrogen) atoms. The van der Waals surface area contributed by atoms with Crippen LogP contribution in [0.4, 0.5) is 0 Å². The average molecular weight is 821 g/mol. The Labute approximate surface area is 326 Å². The summed E-state index contributed by atoms with van der Waals surface area (Å²) in [4.78, 5) is 116. The molecule has 0 saturated carbocycles. The Hall–Kier alpha value is -4.89. The number of carboxylic acids is 1. The lowest BCUT2D eigenvalue weighted by atomic mass is 9.87. The smallest absolute Gasteiger partial charge is 0.327 e. The number of aliphatic hydroxyl groups excluding tert-OH is 5. The van der Waals surface area contributed by atoms with Crippen molar-refractivity contribution in [2.24, 2.45) is 23.3 Å². The molecular weight excluding hydrogens is 764 g/mol. The number of carboxylic acid groups (broad SMARTS) is 1. The second-order valence-electron chi connectivity index (χ2n) is 13.6. The molecule has 25 nitrogen and oxygen atoms in total. The van der Waals surface area contributed by atoms with Gasteiger partial charge in [0.15, 0.2) is 11.9 Å². The molecule has 1 aliphatic heterocycles. The molecule has 0 aromatic rings. The van der Waals surface area contributed by atoms with Crippen LogP contribution in [0.1, 0.15) is 34.1 Å². The van der Waals surface area contributed by atoms with E-state index in [1.165, 1.54) is 20.8 Å². The van der Waals surface area contributed by atoms with Gasteiger partial charge in [-0.15, -0.1) is 0 Å². The molecule has 0 aliphatic carbocycles. The van der Waals surface area contributed by atoms with Gasteiger partial charge in [-0.2, -0.15) is 0 Å². The van der Waals surface area contributed by atoms with E-state index >= 15 is 0 Å². The molecule has 324 valence electrons. The van der Waals surface area contributed by atoms with E-state index in [1.807, 2.05) is 10.6 Å². The summed E-state index contributed by atoms with van der Waals surface area (Å²) in [5.41, 5.74) is 10.5. The van der Waals surface area contributed by atoms with Crippen molar-refractivity contribution < 1.29 is 73.8 Å². The Balaban J connectivity index is 3.71. The summed E-state index contributed by atoms with van der Waals surface area (Å²) < 4.78 is 0. The molecule has 11 atom stereocenters. The number of nitrogens with one attached hydrogen (secondary N) is 8. The second-order valence-corrected chi connectivity index (χ2v) is 13.6. The van der Waals surface area contributed by atoms with Crippen molar-refractivity contribution in [2.75, 3.05) is 39.3 Å². The number of hydrogen-bond acceptors (Lipinski definition) is 17. The van der Waals surface area contributed by atoms with E-state index in [9.17, 15) is 73.8 Å². The van der Waals surface area contributed by atoms with Crippen molar-refractivity contribution >= 4 is 53.1 Å². The number of aliphatic carboxylic acids is 1. The monoisotopic (exact) mass is 820 g/mol. The Kier molecular flexibility index (Phi) is 21.1. The van der Waals surface area contributed by atoms with Gasteiger partial charge in [0.25, 0.3) is 5.91 Å². The molecule has 1 aliphatic rings. The Morgan fingerprint density at radius 1 is 0.825 bits per heavy atom. The van der Waals surface area contributed by atoms with Gasteiger partial charge in [-0.1, -0.05) is 13.8 Å². The molecule has 25 heteroatoms. The highest BCUT2D eigenvalue weighted by atomic mass is 16.4. The van der Waals surface area contributed by atoms with Gasteiger partial charge in [-0.25, -0.2) is 4.79 Å². The quantitative estimate of drug-likeness (QED) is 0.0820. The third-order valence-corrected chi connectivity index (χ3v) is 8.79. The molecular formula is C32H56N10O15. The van der Waals surface area contributed by atoms with Crippen molar-refractivity contribution in [3.63, 3.8) is 0 Å². The Morgan fingerprint density at radius 2 is 1.44 bits per heavy atom. The summed E-state index contributed by atoms with van der Waals surface area (Å²) in [7, 11) is 0. The summed E-state index contributed by atoms with van der Waals surface area (Å²) in [6.07, 6.45) is -9.57. The molecule has 1 heterocycles. The number of β-amino-alcohol motifs (C(OH)–C–C–N with tert-alkyl or cyclic N) is 1. The van der Waals surface area contributed by atoms with Gasteiger partial charge in [0.1, 0.15) is 42.4 Å². The minimum Gasteiger partial charge on any atom is -0.480 e. The number of ketones is 1. The normalized spacial score (nSPS) is 27.5. The summed E-state index contributed by atoms with van der Waals surface area (Å²) in [6.45, 7) is 2.70. The molecule has 11 unspecified atom stereocenters. The van der Waals surface area contributed by atoms with Crippen LogP contribution in [0, 0.1) is 11.8 Å². The van der Waals surface area contributed by atoms with Gasteiger partial charge in [0.2, 0.25) is 35.4 Å². The molecule has 0 spiro atoms. The largest absolute Gasteiger partial charge is 0.480 e. The first-order valence-electron chi connectivity index (χ1n) is 17.9. The van der Waals surface area contributed by atoms with E-state index in [4.69, 9.17) is 11.5 Å². The van der Waals surface area contributed by atoms with E-state index in [-0.39, 0.29) is 13.1 Å². The third-order valence-electron chi connectivity index (χ3n) is 8.79. The van der Waals surface area contributed by atoms with Crippen LogP contribution >= 0.6 is 0 Å². The highest BCUT2D eigenvalue weighted by Gasteiger charge is 2.41. The maximum Gasteiger partial charge on any atom is 0.327 e. The maximum absolute atomic E-state index is 13.6. The fourth-order valence-corrected chi connectivity index (χ4v) is 5.19. The van der Waals surface area contributed by atoms with Gasteiger partial charge in [-0.05, 0) is 19.8 Å². The zero-order valence-electron chi connectivity index (χ0n) is 31.9. The molecule has 0 bridgehead atoms. The molecule has 1 rings (SSSR count). The second kappa shape index (κ2) is 24.0. The van der Waals surface area contributed by atoms with Crippen molar-refractivity contribution in [1.29, 1.82) is 0 Å². The average Bonchev–Trinajstić information content (AvgIpc) is 3.15. The Bertz CT molecular complexity index is 1450. The van der Waals surface area contributed by atoms with Gasteiger partial charge in [0, 0.05) is 38.5 Å². The number of carbonyl (C=O) groups is 9. The number of Topliss-reactive ketones (excluding diaryl/α,β-unsaturated/α-hetero) is 1. The minimum atomic E-state index is -2.48. The van der Waals surface area contributed by atoms with Crippen LogP contribution in [0.2, 0.25) is 0 Å². The molecule has 0 aromatic heterocycles. The number of amides is 7. The first-order valence-corrected chi connectivity index (χ1v) is 17.9. The number of aliphatic hydroxyl groups is 5. The van der Waals surface area contributed by atoms with Crippen LogP contribution in [0.15, 0.2) is 0 Å². The Morgan fingerprint density at radius 3 is 1.96 bits per heavy atom. The number of rotatable bonds is 13. The van der Waals surface area contributed by atoms with Crippen LogP contribution in [-0.4, -0.2) is 184 Å². The van der Waals surface area contributed by atoms with Crippen molar-refractivity contribution in [3.8, 4) is 0 Å². The molecule has 1 saturated heterocycles. The number of primary amides is 1. The standard InChI is InChI=1S/C32H56N10O15/c1-12(2)15-7-19(45)18(11-43)40-28(52)16(8-37-26(50)13(3)35-6-5-33)36-9-17(32(56)57)39-29(53)20(46)10-38-30(54)21(14(4)44)41-31(55)22(42-27(15)51)23(47)24(48)25(34)49/h12-18,20-24,35-36,43-44,46-48H,5-11,33H2,1-4H3,(H2,34,49)(H,37,50)(H,38,54)(H,39,53)(H,40,52)(H,41,55)(H,42,51)(H,56,57). The van der Waals surface area contributed by atoms with E-state index in [1.54, 1.807) is 0 Å². The fourth-order valence-electron chi connectivity index (χ4n) is 5.19. The minimum absolute atomic E-state index is 0.197. The zero-order valence-corrected chi connectivity index (χ0v) is 31.9.